The van der Waals surface area contributed by atoms with E-state index >= 15 is 0 Å². The van der Waals surface area contributed by atoms with Crippen molar-refractivity contribution in [2.75, 3.05) is 6.54 Å². The molecule has 23 heavy (non-hydrogen) atoms. The van der Waals surface area contributed by atoms with Crippen molar-refractivity contribution in [2.24, 2.45) is 0 Å². The summed E-state index contributed by atoms with van der Waals surface area (Å²) in [7, 11) is 0. The Morgan fingerprint density at radius 2 is 1.39 bits per heavy atom. The van der Waals surface area contributed by atoms with Gasteiger partial charge in [0.2, 0.25) is 0 Å². The zero-order valence-electron chi connectivity index (χ0n) is 12.7. The standard InChI is InChI=1S/C17H17NO5/c1-2-13-18(16(19)21-14-9-5-3-6-10-14)23-17(20)22-15-11-7-4-8-12-15/h3-12H,2,13H2,1H3. The van der Waals surface area contributed by atoms with Crippen molar-refractivity contribution >= 4 is 12.2 Å². The number of rotatable bonds is 4. The predicted octanol–water partition coefficient (Wildman–Crippen LogP) is 4.03. The van der Waals surface area contributed by atoms with E-state index in [-0.39, 0.29) is 6.54 Å². The lowest BCUT2D eigenvalue weighted by Crippen LogP contribution is -2.37. The van der Waals surface area contributed by atoms with E-state index < -0.39 is 12.2 Å². The average molecular weight is 315 g/mol. The summed E-state index contributed by atoms with van der Waals surface area (Å²) in [5.74, 6) is 0.684. The van der Waals surface area contributed by atoms with Crippen LogP contribution in [0.3, 0.4) is 0 Å². The Kier molecular flexibility index (Phi) is 5.99. The second-order valence-electron chi connectivity index (χ2n) is 4.54. The van der Waals surface area contributed by atoms with Crippen LogP contribution in [0.2, 0.25) is 0 Å². The molecule has 0 heterocycles. The number of ether oxygens (including phenoxy) is 2. The minimum absolute atomic E-state index is 0.190. The van der Waals surface area contributed by atoms with E-state index in [4.69, 9.17) is 14.3 Å². The number of carbonyl (C=O) groups is 2. The van der Waals surface area contributed by atoms with Crippen LogP contribution in [0.1, 0.15) is 13.3 Å². The molecule has 0 unspecified atom stereocenters. The minimum Gasteiger partial charge on any atom is -0.408 e. The molecule has 0 aromatic heterocycles. The van der Waals surface area contributed by atoms with Gasteiger partial charge in [0.1, 0.15) is 11.5 Å². The van der Waals surface area contributed by atoms with Gasteiger partial charge in [-0.3, -0.25) is 4.84 Å². The Hall–Kier alpha value is -3.02. The van der Waals surface area contributed by atoms with E-state index in [0.29, 0.717) is 17.9 Å². The highest BCUT2D eigenvalue weighted by molar-refractivity contribution is 5.72. The van der Waals surface area contributed by atoms with E-state index in [1.54, 1.807) is 60.7 Å². The third-order valence-electron chi connectivity index (χ3n) is 2.71. The van der Waals surface area contributed by atoms with Crippen LogP contribution in [0.5, 0.6) is 11.5 Å². The van der Waals surface area contributed by atoms with E-state index in [9.17, 15) is 9.59 Å². The van der Waals surface area contributed by atoms with Crippen LogP contribution >= 0.6 is 0 Å². The van der Waals surface area contributed by atoms with Gasteiger partial charge in [0.15, 0.2) is 0 Å². The number of para-hydroxylation sites is 2. The Bertz CT molecular complexity index is 630. The van der Waals surface area contributed by atoms with Crippen LogP contribution in [-0.2, 0) is 4.84 Å². The fourth-order valence-electron chi connectivity index (χ4n) is 1.71. The molecule has 0 aliphatic heterocycles. The van der Waals surface area contributed by atoms with Crippen LogP contribution < -0.4 is 9.47 Å². The van der Waals surface area contributed by atoms with Gasteiger partial charge in [-0.1, -0.05) is 43.3 Å². The number of hydroxylamine groups is 2. The summed E-state index contributed by atoms with van der Waals surface area (Å²) in [5.41, 5.74) is 0. The van der Waals surface area contributed by atoms with Crippen molar-refractivity contribution in [2.45, 2.75) is 13.3 Å². The highest BCUT2D eigenvalue weighted by Crippen LogP contribution is 2.13. The van der Waals surface area contributed by atoms with Gasteiger partial charge in [-0.2, -0.15) is 0 Å². The van der Waals surface area contributed by atoms with E-state index in [0.717, 1.165) is 5.06 Å². The van der Waals surface area contributed by atoms with Gasteiger partial charge in [-0.15, -0.1) is 5.06 Å². The van der Waals surface area contributed by atoms with Gasteiger partial charge in [0, 0.05) is 0 Å². The lowest BCUT2D eigenvalue weighted by atomic mass is 10.3. The quantitative estimate of drug-likeness (QED) is 0.484. The largest absolute Gasteiger partial charge is 0.539 e. The van der Waals surface area contributed by atoms with Crippen molar-refractivity contribution in [3.05, 3.63) is 60.7 Å². The van der Waals surface area contributed by atoms with Gasteiger partial charge in [-0.05, 0) is 30.7 Å². The maximum Gasteiger partial charge on any atom is 0.539 e. The molecule has 2 rings (SSSR count). The lowest BCUT2D eigenvalue weighted by molar-refractivity contribution is -0.0892. The fraction of sp³-hybridized carbons (Fsp3) is 0.176. The molecule has 1 amide bonds. The molecule has 0 atom stereocenters. The third-order valence-corrected chi connectivity index (χ3v) is 2.71. The Balaban J connectivity index is 1.94. The number of amides is 1. The summed E-state index contributed by atoms with van der Waals surface area (Å²) in [6.07, 6.45) is -1.21. The minimum atomic E-state index is -1.00. The summed E-state index contributed by atoms with van der Waals surface area (Å²) in [6, 6.07) is 17.0. The number of hydrogen-bond donors (Lipinski definition) is 0. The first-order valence-corrected chi connectivity index (χ1v) is 7.18. The smallest absolute Gasteiger partial charge is 0.408 e. The second kappa shape index (κ2) is 8.43. The Labute approximate surface area is 134 Å². The lowest BCUT2D eigenvalue weighted by Gasteiger charge is -2.19. The van der Waals surface area contributed by atoms with Crippen molar-refractivity contribution in [3.8, 4) is 11.5 Å². The van der Waals surface area contributed by atoms with Gasteiger partial charge in [0.05, 0.1) is 6.54 Å². The van der Waals surface area contributed by atoms with Crippen LogP contribution in [0.4, 0.5) is 9.59 Å². The normalized spacial score (nSPS) is 9.78. The third kappa shape index (κ3) is 5.35. The summed E-state index contributed by atoms with van der Waals surface area (Å²) < 4.78 is 10.1. The molecule has 2 aromatic rings. The first-order valence-electron chi connectivity index (χ1n) is 7.18. The zero-order valence-corrected chi connectivity index (χ0v) is 12.7. The van der Waals surface area contributed by atoms with E-state index in [2.05, 4.69) is 0 Å². The van der Waals surface area contributed by atoms with Crippen LogP contribution in [0, 0.1) is 0 Å². The van der Waals surface area contributed by atoms with Crippen molar-refractivity contribution in [1.29, 1.82) is 0 Å². The molecule has 0 saturated carbocycles. The number of hydrogen-bond acceptors (Lipinski definition) is 5. The molecule has 2 aromatic carbocycles. The SMILES string of the molecule is CCCN(OC(=O)Oc1ccccc1)C(=O)Oc1ccccc1. The molecule has 0 fully saturated rings. The average Bonchev–Trinajstić information content (AvgIpc) is 2.56. The van der Waals surface area contributed by atoms with Crippen molar-refractivity contribution in [3.63, 3.8) is 0 Å². The molecular weight excluding hydrogens is 298 g/mol. The molecule has 0 N–H and O–H groups in total. The number of benzene rings is 2. The van der Waals surface area contributed by atoms with Crippen LogP contribution in [-0.4, -0.2) is 23.9 Å². The summed E-state index contributed by atoms with van der Waals surface area (Å²) in [5, 5.41) is 0.832. The Morgan fingerprint density at radius 1 is 0.870 bits per heavy atom. The second-order valence-corrected chi connectivity index (χ2v) is 4.54. The molecule has 0 aliphatic carbocycles. The van der Waals surface area contributed by atoms with Crippen molar-refractivity contribution in [1.82, 2.24) is 5.06 Å². The van der Waals surface area contributed by atoms with Crippen LogP contribution in [0.25, 0.3) is 0 Å². The first kappa shape index (κ1) is 16.4. The zero-order chi connectivity index (χ0) is 16.5. The molecule has 120 valence electrons. The summed E-state index contributed by atoms with van der Waals surface area (Å²) >= 11 is 0. The highest BCUT2D eigenvalue weighted by Gasteiger charge is 2.21. The Morgan fingerprint density at radius 3 is 1.91 bits per heavy atom. The molecular formula is C17H17NO5. The molecule has 0 saturated heterocycles. The molecule has 6 nitrogen and oxygen atoms in total. The number of carbonyl (C=O) groups excluding carboxylic acids is 2. The highest BCUT2D eigenvalue weighted by atomic mass is 16.8. The van der Waals surface area contributed by atoms with Gasteiger partial charge in [0.25, 0.3) is 0 Å². The van der Waals surface area contributed by atoms with Gasteiger partial charge >= 0.3 is 12.2 Å². The molecule has 0 aliphatic rings. The summed E-state index contributed by atoms with van der Waals surface area (Å²) in [4.78, 5) is 28.7. The predicted molar refractivity (Wildman–Crippen MR) is 83.0 cm³/mol. The maximum absolute atomic E-state index is 12.1. The molecule has 0 bridgehead atoms. The van der Waals surface area contributed by atoms with Crippen molar-refractivity contribution < 1.29 is 23.9 Å². The summed E-state index contributed by atoms with van der Waals surface area (Å²) in [6.45, 7) is 2.03. The molecule has 6 heteroatoms. The number of nitrogens with zero attached hydrogens (tertiary/aromatic N) is 1. The van der Waals surface area contributed by atoms with Gasteiger partial charge in [-0.25, -0.2) is 9.59 Å². The monoisotopic (exact) mass is 315 g/mol. The van der Waals surface area contributed by atoms with E-state index in [1.807, 2.05) is 6.92 Å². The molecule has 0 spiro atoms. The van der Waals surface area contributed by atoms with E-state index in [1.165, 1.54) is 0 Å². The first-order chi connectivity index (χ1) is 11.2. The fourth-order valence-corrected chi connectivity index (χ4v) is 1.71. The van der Waals surface area contributed by atoms with Crippen LogP contribution in [0.15, 0.2) is 60.7 Å². The van der Waals surface area contributed by atoms with Gasteiger partial charge < -0.3 is 9.47 Å². The topological polar surface area (TPSA) is 65.1 Å². The maximum atomic E-state index is 12.1. The molecule has 0 radical (unpaired) electrons.